The number of ether oxygens (including phenoxy) is 1. The first-order chi connectivity index (χ1) is 11.2. The molecule has 0 aromatic rings. The number of rotatable bonds is 7. The molecule has 0 bridgehead atoms. The van der Waals surface area contributed by atoms with E-state index in [9.17, 15) is 19.8 Å². The maximum atomic E-state index is 12.5. The van der Waals surface area contributed by atoms with Crippen molar-refractivity contribution in [3.63, 3.8) is 0 Å². The Morgan fingerprint density at radius 1 is 1.38 bits per heavy atom. The molecule has 2 N–H and O–H groups in total. The third-order valence-electron chi connectivity index (χ3n) is 4.44. The average molecular weight is 339 g/mol. The smallest absolute Gasteiger partial charge is 0.316 e. The molecular weight excluding hydrogens is 310 g/mol. The Bertz CT molecular complexity index is 544. The number of esters is 1. The van der Waals surface area contributed by atoms with Crippen molar-refractivity contribution in [1.82, 2.24) is 0 Å². The Morgan fingerprint density at radius 2 is 2.00 bits per heavy atom. The van der Waals surface area contributed by atoms with Crippen LogP contribution in [0.15, 0.2) is 16.3 Å². The number of carbonyl (C=O) groups excluding carboxylic acids is 2. The molecule has 0 unspecified atom stereocenters. The van der Waals surface area contributed by atoms with Crippen molar-refractivity contribution in [2.24, 2.45) is 16.3 Å². The molecule has 0 spiro atoms. The summed E-state index contributed by atoms with van der Waals surface area (Å²) in [5.74, 6) is -1.95. The Labute approximate surface area is 143 Å². The molecule has 0 saturated heterocycles. The van der Waals surface area contributed by atoms with Crippen molar-refractivity contribution in [1.29, 1.82) is 0 Å². The summed E-state index contributed by atoms with van der Waals surface area (Å²) in [6, 6.07) is -0.331. The molecule has 0 saturated carbocycles. The quantitative estimate of drug-likeness (QED) is 0.695. The molecule has 1 aliphatic carbocycles. The van der Waals surface area contributed by atoms with Crippen molar-refractivity contribution in [3.8, 4) is 0 Å². The highest BCUT2D eigenvalue weighted by molar-refractivity contribution is 6.24. The van der Waals surface area contributed by atoms with Gasteiger partial charge in [-0.2, -0.15) is 0 Å². The number of carbonyl (C=O) groups is 2. The molecule has 136 valence electrons. The van der Waals surface area contributed by atoms with Gasteiger partial charge in [0.1, 0.15) is 11.7 Å². The predicted octanol–water partition coefficient (Wildman–Crippen LogP) is 2.60. The Balaban J connectivity index is 3.51. The van der Waals surface area contributed by atoms with Crippen molar-refractivity contribution >= 4 is 17.5 Å². The van der Waals surface area contributed by atoms with E-state index in [1.165, 1.54) is 7.11 Å². The molecule has 0 radical (unpaired) electrons. The lowest BCUT2D eigenvalue weighted by molar-refractivity contribution is -0.149. The number of hydrogen-bond acceptors (Lipinski definition) is 6. The first-order valence-corrected chi connectivity index (χ1v) is 8.45. The molecule has 1 aliphatic rings. The van der Waals surface area contributed by atoms with Crippen molar-refractivity contribution < 1.29 is 24.5 Å². The van der Waals surface area contributed by atoms with Gasteiger partial charge in [0.2, 0.25) is 0 Å². The van der Waals surface area contributed by atoms with Crippen molar-refractivity contribution in [3.05, 3.63) is 11.3 Å². The van der Waals surface area contributed by atoms with E-state index in [0.29, 0.717) is 25.0 Å². The van der Waals surface area contributed by atoms with E-state index in [-0.39, 0.29) is 36.2 Å². The first-order valence-electron chi connectivity index (χ1n) is 8.45. The van der Waals surface area contributed by atoms with E-state index in [0.717, 1.165) is 0 Å². The Morgan fingerprint density at radius 3 is 2.46 bits per heavy atom. The van der Waals surface area contributed by atoms with Crippen LogP contribution in [0.2, 0.25) is 0 Å². The van der Waals surface area contributed by atoms with E-state index < -0.39 is 17.3 Å². The lowest BCUT2D eigenvalue weighted by Crippen LogP contribution is -2.42. The van der Waals surface area contributed by atoms with Gasteiger partial charge < -0.3 is 14.9 Å². The Hall–Kier alpha value is -1.69. The number of aliphatic hydroxyl groups is 2. The molecule has 0 aliphatic heterocycles. The van der Waals surface area contributed by atoms with Crippen LogP contribution < -0.4 is 0 Å². The highest BCUT2D eigenvalue weighted by Gasteiger charge is 2.47. The topological polar surface area (TPSA) is 96.2 Å². The zero-order valence-electron chi connectivity index (χ0n) is 15.3. The summed E-state index contributed by atoms with van der Waals surface area (Å²) in [7, 11) is 1.27. The number of allylic oxidation sites excluding steroid dienone is 1. The number of nitrogens with zero attached hydrogens (tertiary/aromatic N) is 1. The van der Waals surface area contributed by atoms with Gasteiger partial charge in [0.15, 0.2) is 5.78 Å². The van der Waals surface area contributed by atoms with Crippen LogP contribution in [-0.4, -0.2) is 47.4 Å². The average Bonchev–Trinajstić information content (AvgIpc) is 2.51. The highest BCUT2D eigenvalue weighted by atomic mass is 16.5. The van der Waals surface area contributed by atoms with Crippen molar-refractivity contribution in [2.45, 2.75) is 59.4 Å². The van der Waals surface area contributed by atoms with E-state index in [1.807, 2.05) is 27.7 Å². The van der Waals surface area contributed by atoms with Gasteiger partial charge in [-0.3, -0.25) is 14.6 Å². The highest BCUT2D eigenvalue weighted by Crippen LogP contribution is 2.43. The lowest BCUT2D eigenvalue weighted by atomic mass is 9.67. The minimum absolute atomic E-state index is 0.124. The largest absolute Gasteiger partial charge is 0.511 e. The van der Waals surface area contributed by atoms with E-state index >= 15 is 0 Å². The number of aliphatic imine (C=N–C) groups is 1. The fourth-order valence-corrected chi connectivity index (χ4v) is 3.08. The minimum atomic E-state index is -0.897. The third kappa shape index (κ3) is 4.23. The minimum Gasteiger partial charge on any atom is -0.511 e. The van der Waals surface area contributed by atoms with Crippen LogP contribution in [0.1, 0.15) is 53.4 Å². The second kappa shape index (κ2) is 8.42. The van der Waals surface area contributed by atoms with E-state index in [1.54, 1.807) is 0 Å². The van der Waals surface area contributed by atoms with Crippen LogP contribution in [-0.2, 0) is 14.3 Å². The van der Waals surface area contributed by atoms with Gasteiger partial charge in [-0.05, 0) is 24.7 Å². The van der Waals surface area contributed by atoms with Gasteiger partial charge in [0.25, 0.3) is 0 Å². The summed E-state index contributed by atoms with van der Waals surface area (Å²) < 4.78 is 4.82. The molecule has 2 atom stereocenters. The van der Waals surface area contributed by atoms with Crippen molar-refractivity contribution in [2.75, 3.05) is 13.7 Å². The number of hydrogen-bond donors (Lipinski definition) is 2. The summed E-state index contributed by atoms with van der Waals surface area (Å²) in [5, 5.41) is 20.1. The SMILES string of the molecule is CCCC(=O)C1=C(O)[C@H](C(=O)OC)C(C)(C)CC1=N[C@H](CC)CO. The van der Waals surface area contributed by atoms with Crippen LogP contribution >= 0.6 is 0 Å². The second-order valence-corrected chi connectivity index (χ2v) is 6.88. The van der Waals surface area contributed by atoms with Crippen LogP contribution in [0.3, 0.4) is 0 Å². The van der Waals surface area contributed by atoms with Gasteiger partial charge in [-0.1, -0.05) is 27.7 Å². The molecule has 24 heavy (non-hydrogen) atoms. The van der Waals surface area contributed by atoms with Crippen LogP contribution in [0, 0.1) is 11.3 Å². The zero-order chi connectivity index (χ0) is 18.5. The fourth-order valence-electron chi connectivity index (χ4n) is 3.08. The molecule has 6 heteroatoms. The summed E-state index contributed by atoms with van der Waals surface area (Å²) in [5.41, 5.74) is -0.0461. The Kier molecular flexibility index (Phi) is 7.14. The molecule has 0 fully saturated rings. The first kappa shape index (κ1) is 20.4. The third-order valence-corrected chi connectivity index (χ3v) is 4.44. The molecule has 1 rings (SSSR count). The normalized spacial score (nSPS) is 23.2. The predicted molar refractivity (Wildman–Crippen MR) is 92.1 cm³/mol. The van der Waals surface area contributed by atoms with Crippen LogP contribution in [0.25, 0.3) is 0 Å². The lowest BCUT2D eigenvalue weighted by Gasteiger charge is -2.38. The molecule has 6 nitrogen and oxygen atoms in total. The van der Waals surface area contributed by atoms with Gasteiger partial charge >= 0.3 is 5.97 Å². The van der Waals surface area contributed by atoms with E-state index in [4.69, 9.17) is 4.74 Å². The van der Waals surface area contributed by atoms with Crippen LogP contribution in [0.5, 0.6) is 0 Å². The van der Waals surface area contributed by atoms with Gasteiger partial charge in [0, 0.05) is 6.42 Å². The molecule has 0 heterocycles. The number of Topliss-reactive ketones (excluding diaryl/α,β-unsaturated/α-hetero) is 1. The van der Waals surface area contributed by atoms with Crippen LogP contribution in [0.4, 0.5) is 0 Å². The summed E-state index contributed by atoms with van der Waals surface area (Å²) in [6.45, 7) is 7.31. The molecule has 0 aromatic heterocycles. The summed E-state index contributed by atoms with van der Waals surface area (Å²) >= 11 is 0. The summed E-state index contributed by atoms with van der Waals surface area (Å²) in [4.78, 5) is 29.2. The monoisotopic (exact) mass is 339 g/mol. The van der Waals surface area contributed by atoms with Gasteiger partial charge in [-0.15, -0.1) is 0 Å². The maximum Gasteiger partial charge on any atom is 0.316 e. The standard InChI is InChI=1S/C18H29NO5/c1-6-8-13(21)14-12(19-11(7-2)10-20)9-18(3,4)15(16(14)22)17(23)24-5/h11,15,20,22H,6-10H2,1-5H3/t11-,15-/m1/s1. The zero-order valence-corrected chi connectivity index (χ0v) is 15.3. The maximum absolute atomic E-state index is 12.5. The summed E-state index contributed by atoms with van der Waals surface area (Å²) in [6.07, 6.45) is 1.88. The molecule has 0 amide bonds. The second-order valence-electron chi connectivity index (χ2n) is 6.88. The van der Waals surface area contributed by atoms with Gasteiger partial charge in [-0.25, -0.2) is 0 Å². The number of ketones is 1. The fraction of sp³-hybridized carbons (Fsp3) is 0.722. The van der Waals surface area contributed by atoms with E-state index in [2.05, 4.69) is 4.99 Å². The van der Waals surface area contributed by atoms with Gasteiger partial charge in [0.05, 0.1) is 31.0 Å². The number of aliphatic hydroxyl groups excluding tert-OH is 2. The number of methoxy groups -OCH3 is 1. The molecule has 0 aromatic carbocycles. The molecular formula is C18H29NO5.